The molecule has 5 nitrogen and oxygen atoms in total. The Hall–Kier alpha value is -2.04. The maximum absolute atomic E-state index is 11.7. The van der Waals surface area contributed by atoms with Crippen LogP contribution in [0.3, 0.4) is 0 Å². The van der Waals surface area contributed by atoms with Crippen LogP contribution in [0.25, 0.3) is 5.57 Å². The number of carbonyl (C=O) groups excluding carboxylic acids is 2. The predicted octanol–water partition coefficient (Wildman–Crippen LogP) is 1.52. The summed E-state index contributed by atoms with van der Waals surface area (Å²) in [4.78, 5) is 26.1. The summed E-state index contributed by atoms with van der Waals surface area (Å²) < 4.78 is 9.52. The zero-order chi connectivity index (χ0) is 12.8. The van der Waals surface area contributed by atoms with Crippen LogP contribution in [0.15, 0.2) is 23.9 Å². The highest BCUT2D eigenvalue weighted by atomic mass is 16.5. The average Bonchev–Trinajstić information content (AvgIpc) is 2.82. The molecule has 1 N–H and O–H groups in total. The van der Waals surface area contributed by atoms with Crippen LogP contribution in [0.2, 0.25) is 0 Å². The van der Waals surface area contributed by atoms with Crippen LogP contribution in [-0.2, 0) is 19.1 Å². The molecule has 0 fully saturated rings. The lowest BCUT2D eigenvalue weighted by Gasteiger charge is -2.08. The Kier molecular flexibility index (Phi) is 4.51. The van der Waals surface area contributed by atoms with Gasteiger partial charge in [0.1, 0.15) is 0 Å². The molecule has 0 saturated heterocycles. The number of ether oxygens (including phenoxy) is 2. The molecular formula is C12H15NO4. The van der Waals surface area contributed by atoms with Gasteiger partial charge in [0.2, 0.25) is 0 Å². The first-order chi connectivity index (χ1) is 8.11. The van der Waals surface area contributed by atoms with Gasteiger partial charge in [-0.05, 0) is 26.0 Å². The lowest BCUT2D eigenvalue weighted by Crippen LogP contribution is -2.13. The Morgan fingerprint density at radius 2 is 2.06 bits per heavy atom. The fourth-order valence-corrected chi connectivity index (χ4v) is 1.39. The Morgan fingerprint density at radius 3 is 2.53 bits per heavy atom. The van der Waals surface area contributed by atoms with Gasteiger partial charge < -0.3 is 14.5 Å². The summed E-state index contributed by atoms with van der Waals surface area (Å²) in [6.07, 6.45) is 1.66. The fraction of sp³-hybridized carbons (Fsp3) is 0.333. The number of rotatable bonds is 4. The maximum Gasteiger partial charge on any atom is 0.340 e. The van der Waals surface area contributed by atoms with E-state index in [1.54, 1.807) is 25.3 Å². The van der Waals surface area contributed by atoms with Gasteiger partial charge in [-0.25, -0.2) is 9.59 Å². The van der Waals surface area contributed by atoms with E-state index >= 15 is 0 Å². The molecule has 0 atom stereocenters. The molecule has 0 bridgehead atoms. The lowest BCUT2D eigenvalue weighted by molar-refractivity contribution is -0.139. The third-order valence-corrected chi connectivity index (χ3v) is 2.21. The van der Waals surface area contributed by atoms with Crippen molar-refractivity contribution in [2.24, 2.45) is 0 Å². The molecule has 0 amide bonds. The van der Waals surface area contributed by atoms with Crippen molar-refractivity contribution in [3.63, 3.8) is 0 Å². The van der Waals surface area contributed by atoms with Gasteiger partial charge in [-0.2, -0.15) is 0 Å². The van der Waals surface area contributed by atoms with Crippen LogP contribution in [0.5, 0.6) is 0 Å². The Labute approximate surface area is 99.4 Å². The molecule has 0 saturated carbocycles. The summed E-state index contributed by atoms with van der Waals surface area (Å²) >= 11 is 0. The Morgan fingerprint density at radius 1 is 1.35 bits per heavy atom. The zero-order valence-corrected chi connectivity index (χ0v) is 10.1. The predicted molar refractivity (Wildman–Crippen MR) is 62.0 cm³/mol. The van der Waals surface area contributed by atoms with Crippen LogP contribution >= 0.6 is 0 Å². The molecule has 1 heterocycles. The third-order valence-electron chi connectivity index (χ3n) is 2.21. The van der Waals surface area contributed by atoms with Crippen molar-refractivity contribution in [2.45, 2.75) is 13.8 Å². The standard InChI is InChI=1S/C12H15NO4/c1-4-17-11(14)8(2)10(12(15)16-3)9-6-5-7-13-9/h5-7,13H,4H2,1-3H3/b10-8-. The Balaban J connectivity index is 3.18. The minimum Gasteiger partial charge on any atom is -0.465 e. The van der Waals surface area contributed by atoms with E-state index < -0.39 is 11.9 Å². The van der Waals surface area contributed by atoms with Crippen molar-refractivity contribution in [2.75, 3.05) is 13.7 Å². The minimum absolute atomic E-state index is 0.191. The van der Waals surface area contributed by atoms with E-state index in [1.165, 1.54) is 14.0 Å². The van der Waals surface area contributed by atoms with Gasteiger partial charge in [0, 0.05) is 6.20 Å². The molecule has 0 aromatic carbocycles. The number of carbonyl (C=O) groups is 2. The zero-order valence-electron chi connectivity index (χ0n) is 10.1. The molecule has 0 aliphatic rings. The lowest BCUT2D eigenvalue weighted by atomic mass is 10.1. The van der Waals surface area contributed by atoms with Gasteiger partial charge in [-0.3, -0.25) is 0 Å². The highest BCUT2D eigenvalue weighted by Crippen LogP contribution is 2.19. The molecule has 1 rings (SSSR count). The second-order valence-electron chi connectivity index (χ2n) is 3.30. The van der Waals surface area contributed by atoms with Gasteiger partial charge in [-0.1, -0.05) is 0 Å². The van der Waals surface area contributed by atoms with Crippen LogP contribution in [-0.4, -0.2) is 30.6 Å². The Bertz CT molecular complexity index is 431. The normalized spacial score (nSPS) is 11.7. The number of hydrogen-bond acceptors (Lipinski definition) is 4. The minimum atomic E-state index is -0.571. The number of H-pyrrole nitrogens is 1. The maximum atomic E-state index is 11.7. The summed E-state index contributed by atoms with van der Waals surface area (Å²) in [7, 11) is 1.27. The number of methoxy groups -OCH3 is 1. The van der Waals surface area contributed by atoms with E-state index in [4.69, 9.17) is 4.74 Å². The SMILES string of the molecule is CCOC(=O)/C(C)=C(\C(=O)OC)c1ccc[nH]1. The van der Waals surface area contributed by atoms with Crippen molar-refractivity contribution < 1.29 is 19.1 Å². The van der Waals surface area contributed by atoms with E-state index in [0.29, 0.717) is 5.69 Å². The van der Waals surface area contributed by atoms with Crippen LogP contribution in [0.4, 0.5) is 0 Å². The van der Waals surface area contributed by atoms with Crippen LogP contribution in [0.1, 0.15) is 19.5 Å². The van der Waals surface area contributed by atoms with Crippen LogP contribution in [0, 0.1) is 0 Å². The first-order valence-corrected chi connectivity index (χ1v) is 5.21. The molecule has 0 unspecified atom stereocenters. The first kappa shape index (κ1) is 13.0. The molecule has 1 aromatic rings. The number of aromatic nitrogens is 1. The molecular weight excluding hydrogens is 222 g/mol. The van der Waals surface area contributed by atoms with Crippen molar-refractivity contribution in [3.05, 3.63) is 29.6 Å². The first-order valence-electron chi connectivity index (χ1n) is 5.21. The summed E-state index contributed by atoms with van der Waals surface area (Å²) in [5.41, 5.74) is 0.944. The summed E-state index contributed by atoms with van der Waals surface area (Å²) in [6.45, 7) is 3.50. The van der Waals surface area contributed by atoms with E-state index in [0.717, 1.165) is 0 Å². The molecule has 0 spiro atoms. The quantitative estimate of drug-likeness (QED) is 0.636. The number of hydrogen-bond donors (Lipinski definition) is 1. The van der Waals surface area contributed by atoms with Gasteiger partial charge >= 0.3 is 11.9 Å². The topological polar surface area (TPSA) is 68.4 Å². The van der Waals surface area contributed by atoms with Crippen molar-refractivity contribution in [1.82, 2.24) is 4.98 Å². The van der Waals surface area contributed by atoms with Gasteiger partial charge in [0.05, 0.1) is 30.6 Å². The monoisotopic (exact) mass is 237 g/mol. The number of esters is 2. The van der Waals surface area contributed by atoms with Gasteiger partial charge in [0.15, 0.2) is 0 Å². The van der Waals surface area contributed by atoms with Gasteiger partial charge in [0.25, 0.3) is 0 Å². The smallest absolute Gasteiger partial charge is 0.340 e. The van der Waals surface area contributed by atoms with Crippen LogP contribution < -0.4 is 0 Å². The van der Waals surface area contributed by atoms with Gasteiger partial charge in [-0.15, -0.1) is 0 Å². The number of aromatic amines is 1. The largest absolute Gasteiger partial charge is 0.465 e. The summed E-state index contributed by atoms with van der Waals surface area (Å²) in [5, 5.41) is 0. The van der Waals surface area contributed by atoms with Crippen molar-refractivity contribution in [1.29, 1.82) is 0 Å². The average molecular weight is 237 g/mol. The van der Waals surface area contributed by atoms with E-state index in [1.807, 2.05) is 0 Å². The molecule has 0 aliphatic heterocycles. The molecule has 0 aliphatic carbocycles. The molecule has 92 valence electrons. The molecule has 0 radical (unpaired) electrons. The van der Waals surface area contributed by atoms with Crippen molar-refractivity contribution in [3.8, 4) is 0 Å². The van der Waals surface area contributed by atoms with Crippen molar-refractivity contribution >= 4 is 17.5 Å². The summed E-state index contributed by atoms with van der Waals surface area (Å²) in [5.74, 6) is -1.10. The van der Waals surface area contributed by atoms with E-state index in [-0.39, 0.29) is 17.8 Å². The molecule has 5 heteroatoms. The number of nitrogens with one attached hydrogen (secondary N) is 1. The fourth-order valence-electron chi connectivity index (χ4n) is 1.39. The van der Waals surface area contributed by atoms with E-state index in [2.05, 4.69) is 9.72 Å². The molecule has 1 aromatic heterocycles. The molecule has 17 heavy (non-hydrogen) atoms. The van der Waals surface area contributed by atoms with E-state index in [9.17, 15) is 9.59 Å². The third kappa shape index (κ3) is 2.96. The second kappa shape index (κ2) is 5.89. The summed E-state index contributed by atoms with van der Waals surface area (Å²) in [6, 6.07) is 3.42. The highest BCUT2D eigenvalue weighted by molar-refractivity contribution is 6.22. The second-order valence-corrected chi connectivity index (χ2v) is 3.30. The highest BCUT2D eigenvalue weighted by Gasteiger charge is 2.21.